The number of H-pyrrole nitrogens is 1. The SMILES string of the molecule is Nc1ccccc1NC(=O)CCn1ccc(=O)[nH]c1=O. The number of carbonyl (C=O) groups is 1. The Morgan fingerprint density at radius 1 is 1.25 bits per heavy atom. The highest BCUT2D eigenvalue weighted by Gasteiger charge is 2.05. The van der Waals surface area contributed by atoms with E-state index >= 15 is 0 Å². The van der Waals surface area contributed by atoms with Gasteiger partial charge in [0.25, 0.3) is 5.56 Å². The van der Waals surface area contributed by atoms with Gasteiger partial charge < -0.3 is 15.6 Å². The number of nitrogens with two attached hydrogens (primary N) is 1. The van der Waals surface area contributed by atoms with E-state index in [9.17, 15) is 14.4 Å². The van der Waals surface area contributed by atoms with Gasteiger partial charge in [0.2, 0.25) is 5.91 Å². The summed E-state index contributed by atoms with van der Waals surface area (Å²) >= 11 is 0. The maximum Gasteiger partial charge on any atom is 0.328 e. The van der Waals surface area contributed by atoms with Gasteiger partial charge in [-0.05, 0) is 12.1 Å². The summed E-state index contributed by atoms with van der Waals surface area (Å²) in [6, 6.07) is 8.14. The molecular weight excluding hydrogens is 260 g/mol. The molecular formula is C13H14N4O3. The lowest BCUT2D eigenvalue weighted by Crippen LogP contribution is -2.29. The molecule has 104 valence electrons. The second-order valence-corrected chi connectivity index (χ2v) is 4.19. The lowest BCUT2D eigenvalue weighted by atomic mass is 10.2. The third kappa shape index (κ3) is 3.35. The van der Waals surface area contributed by atoms with Crippen molar-refractivity contribution >= 4 is 17.3 Å². The molecule has 2 aromatic rings. The zero-order valence-corrected chi connectivity index (χ0v) is 10.6. The van der Waals surface area contributed by atoms with Crippen LogP contribution in [0.1, 0.15) is 6.42 Å². The van der Waals surface area contributed by atoms with Gasteiger partial charge >= 0.3 is 5.69 Å². The molecule has 0 aliphatic rings. The van der Waals surface area contributed by atoms with Gasteiger partial charge in [0.1, 0.15) is 0 Å². The smallest absolute Gasteiger partial charge is 0.328 e. The van der Waals surface area contributed by atoms with Crippen LogP contribution in [0.2, 0.25) is 0 Å². The summed E-state index contributed by atoms with van der Waals surface area (Å²) in [6.07, 6.45) is 1.45. The normalized spacial score (nSPS) is 10.2. The number of aromatic nitrogens is 2. The van der Waals surface area contributed by atoms with Crippen molar-refractivity contribution in [2.45, 2.75) is 13.0 Å². The molecule has 0 atom stereocenters. The lowest BCUT2D eigenvalue weighted by Gasteiger charge is -2.08. The third-order valence-corrected chi connectivity index (χ3v) is 2.71. The molecule has 0 spiro atoms. The van der Waals surface area contributed by atoms with Crippen LogP contribution in [0, 0.1) is 0 Å². The Balaban J connectivity index is 1.97. The molecule has 0 radical (unpaired) electrons. The summed E-state index contributed by atoms with van der Waals surface area (Å²) in [5.41, 5.74) is 5.71. The highest BCUT2D eigenvalue weighted by atomic mass is 16.2. The molecule has 7 heteroatoms. The van der Waals surface area contributed by atoms with Crippen molar-refractivity contribution in [3.8, 4) is 0 Å². The molecule has 1 heterocycles. The van der Waals surface area contributed by atoms with Gasteiger partial charge in [0.15, 0.2) is 0 Å². The number of carbonyl (C=O) groups excluding carboxylic acids is 1. The van der Waals surface area contributed by atoms with Crippen LogP contribution < -0.4 is 22.3 Å². The maximum atomic E-state index is 11.8. The maximum absolute atomic E-state index is 11.8. The van der Waals surface area contributed by atoms with E-state index in [2.05, 4.69) is 10.3 Å². The van der Waals surface area contributed by atoms with Gasteiger partial charge in [-0.25, -0.2) is 4.79 Å². The van der Waals surface area contributed by atoms with Crippen LogP contribution >= 0.6 is 0 Å². The van der Waals surface area contributed by atoms with Crippen molar-refractivity contribution in [1.29, 1.82) is 0 Å². The van der Waals surface area contributed by atoms with E-state index in [-0.39, 0.29) is 18.9 Å². The molecule has 2 rings (SSSR count). The monoisotopic (exact) mass is 274 g/mol. The predicted octanol–water partition coefficient (Wildman–Crippen LogP) is 0.148. The molecule has 4 N–H and O–H groups in total. The standard InChI is InChI=1S/C13H14N4O3/c14-9-3-1-2-4-10(9)15-11(18)5-7-17-8-6-12(19)16-13(17)20/h1-4,6,8H,5,7,14H2,(H,15,18)(H,16,19,20). The molecule has 1 amide bonds. The Hall–Kier alpha value is -2.83. The quantitative estimate of drug-likeness (QED) is 0.689. The summed E-state index contributed by atoms with van der Waals surface area (Å²) in [4.78, 5) is 36.2. The van der Waals surface area contributed by atoms with Gasteiger partial charge in [0, 0.05) is 25.2 Å². The number of amides is 1. The third-order valence-electron chi connectivity index (χ3n) is 2.71. The molecule has 0 saturated carbocycles. The number of aromatic amines is 1. The van der Waals surface area contributed by atoms with Crippen LogP contribution in [0.25, 0.3) is 0 Å². The summed E-state index contributed by atoms with van der Waals surface area (Å²) < 4.78 is 1.26. The van der Waals surface area contributed by atoms with Crippen LogP contribution in [0.15, 0.2) is 46.1 Å². The average molecular weight is 274 g/mol. The van der Waals surface area contributed by atoms with E-state index < -0.39 is 11.2 Å². The zero-order valence-electron chi connectivity index (χ0n) is 10.6. The fourth-order valence-corrected chi connectivity index (χ4v) is 1.67. The summed E-state index contributed by atoms with van der Waals surface area (Å²) in [5.74, 6) is -0.263. The first-order valence-corrected chi connectivity index (χ1v) is 6.00. The number of hydrogen-bond acceptors (Lipinski definition) is 4. The van der Waals surface area contributed by atoms with Crippen molar-refractivity contribution in [2.75, 3.05) is 11.1 Å². The van der Waals surface area contributed by atoms with E-state index in [0.29, 0.717) is 11.4 Å². The molecule has 1 aromatic carbocycles. The largest absolute Gasteiger partial charge is 0.397 e. The number of nitrogens with one attached hydrogen (secondary N) is 2. The molecule has 0 fully saturated rings. The molecule has 0 saturated heterocycles. The topological polar surface area (TPSA) is 110 Å². The van der Waals surface area contributed by atoms with Crippen LogP contribution in [0.4, 0.5) is 11.4 Å². The van der Waals surface area contributed by atoms with Gasteiger partial charge in [-0.15, -0.1) is 0 Å². The number of anilines is 2. The zero-order chi connectivity index (χ0) is 14.5. The number of aryl methyl sites for hydroxylation is 1. The number of para-hydroxylation sites is 2. The first-order chi connectivity index (χ1) is 9.56. The first-order valence-electron chi connectivity index (χ1n) is 6.00. The molecule has 0 aliphatic carbocycles. The van der Waals surface area contributed by atoms with Gasteiger partial charge in [-0.3, -0.25) is 14.6 Å². The Labute approximate surface area is 114 Å². The van der Waals surface area contributed by atoms with E-state index in [0.717, 1.165) is 0 Å². The highest BCUT2D eigenvalue weighted by Crippen LogP contribution is 2.16. The number of nitrogen functional groups attached to an aromatic ring is 1. The number of benzene rings is 1. The Morgan fingerprint density at radius 3 is 2.70 bits per heavy atom. The van der Waals surface area contributed by atoms with Crippen molar-refractivity contribution in [1.82, 2.24) is 9.55 Å². The number of rotatable bonds is 4. The fourth-order valence-electron chi connectivity index (χ4n) is 1.67. The summed E-state index contributed by atoms with van der Waals surface area (Å²) in [7, 11) is 0. The second-order valence-electron chi connectivity index (χ2n) is 4.19. The van der Waals surface area contributed by atoms with Crippen molar-refractivity contribution in [3.05, 3.63) is 57.4 Å². The summed E-state index contributed by atoms with van der Waals surface area (Å²) in [6.45, 7) is 0.175. The predicted molar refractivity (Wildman–Crippen MR) is 75.4 cm³/mol. The Morgan fingerprint density at radius 2 is 2.00 bits per heavy atom. The van der Waals surface area contributed by atoms with Gasteiger partial charge in [-0.2, -0.15) is 0 Å². The average Bonchev–Trinajstić information content (AvgIpc) is 2.40. The van der Waals surface area contributed by atoms with Crippen LogP contribution in [-0.4, -0.2) is 15.5 Å². The number of nitrogens with zero attached hydrogens (tertiary/aromatic N) is 1. The summed E-state index contributed by atoms with van der Waals surface area (Å²) in [5, 5.41) is 2.66. The molecule has 7 nitrogen and oxygen atoms in total. The minimum Gasteiger partial charge on any atom is -0.397 e. The minimum atomic E-state index is -0.537. The fraction of sp³-hybridized carbons (Fsp3) is 0.154. The minimum absolute atomic E-state index is 0.0975. The number of hydrogen-bond donors (Lipinski definition) is 3. The van der Waals surface area contributed by atoms with Gasteiger partial charge in [0.05, 0.1) is 11.4 Å². The van der Waals surface area contributed by atoms with Crippen LogP contribution in [0.5, 0.6) is 0 Å². The molecule has 0 bridgehead atoms. The second kappa shape index (κ2) is 5.87. The van der Waals surface area contributed by atoms with Crippen molar-refractivity contribution < 1.29 is 4.79 Å². The highest BCUT2D eigenvalue weighted by molar-refractivity contribution is 5.93. The van der Waals surface area contributed by atoms with Crippen molar-refractivity contribution in [3.63, 3.8) is 0 Å². The van der Waals surface area contributed by atoms with E-state index in [1.165, 1.54) is 16.8 Å². The Bertz CT molecular complexity index is 733. The molecule has 0 aliphatic heterocycles. The van der Waals surface area contributed by atoms with Gasteiger partial charge in [-0.1, -0.05) is 12.1 Å². The lowest BCUT2D eigenvalue weighted by molar-refractivity contribution is -0.116. The van der Waals surface area contributed by atoms with E-state index in [1.54, 1.807) is 24.3 Å². The Kier molecular flexibility index (Phi) is 3.99. The molecule has 0 unspecified atom stereocenters. The first kappa shape index (κ1) is 13.6. The molecule has 1 aromatic heterocycles. The van der Waals surface area contributed by atoms with E-state index in [4.69, 9.17) is 5.73 Å². The van der Waals surface area contributed by atoms with Crippen LogP contribution in [-0.2, 0) is 11.3 Å². The van der Waals surface area contributed by atoms with Crippen LogP contribution in [0.3, 0.4) is 0 Å². The molecule has 20 heavy (non-hydrogen) atoms. The van der Waals surface area contributed by atoms with E-state index in [1.807, 2.05) is 0 Å². The van der Waals surface area contributed by atoms with Crippen molar-refractivity contribution in [2.24, 2.45) is 0 Å².